The molecule has 3 heterocycles. The number of hydrogen-bond donors (Lipinski definition) is 1. The molecule has 3 aromatic rings. The molecule has 0 aliphatic carbocycles. The Kier molecular flexibility index (Phi) is 5.19. The molecule has 1 aliphatic heterocycles. The van der Waals surface area contributed by atoms with Gasteiger partial charge in [-0.2, -0.15) is 5.26 Å². The molecule has 0 unspecified atom stereocenters. The molecule has 3 nitrogen and oxygen atoms in total. The topological polar surface area (TPSA) is 42.8 Å². The molecule has 1 aliphatic rings. The zero-order valence-electron chi connectivity index (χ0n) is 14.9. The Balaban J connectivity index is 1.27. The summed E-state index contributed by atoms with van der Waals surface area (Å²) < 4.78 is 0. The first-order valence-electron chi connectivity index (χ1n) is 9.29. The smallest absolute Gasteiger partial charge is 0.0991 e. The van der Waals surface area contributed by atoms with Gasteiger partial charge in [0.2, 0.25) is 0 Å². The molecule has 0 atom stereocenters. The molecule has 1 aromatic carbocycles. The molecular formula is C22H23N3S. The van der Waals surface area contributed by atoms with Gasteiger partial charge in [0.1, 0.15) is 0 Å². The van der Waals surface area contributed by atoms with E-state index < -0.39 is 0 Å². The number of fused-ring (bicyclic) bond motifs is 1. The van der Waals surface area contributed by atoms with E-state index in [1.165, 1.54) is 53.8 Å². The van der Waals surface area contributed by atoms with Gasteiger partial charge in [0, 0.05) is 35.1 Å². The normalized spacial score (nSPS) is 15.1. The lowest BCUT2D eigenvalue weighted by atomic mass is 10.0. The molecule has 0 bridgehead atoms. The van der Waals surface area contributed by atoms with Crippen LogP contribution in [0.15, 0.2) is 48.0 Å². The lowest BCUT2D eigenvalue weighted by molar-refractivity contribution is 0.295. The summed E-state index contributed by atoms with van der Waals surface area (Å²) in [6.45, 7) is 3.41. The van der Waals surface area contributed by atoms with E-state index >= 15 is 0 Å². The van der Waals surface area contributed by atoms with E-state index in [1.54, 1.807) is 0 Å². The minimum absolute atomic E-state index is 0.736. The number of nitriles is 1. The molecule has 0 saturated heterocycles. The van der Waals surface area contributed by atoms with Crippen molar-refractivity contribution in [3.05, 3.63) is 64.0 Å². The monoisotopic (exact) mass is 361 g/mol. The number of hydrogen-bond acceptors (Lipinski definition) is 3. The maximum absolute atomic E-state index is 9.09. The lowest BCUT2D eigenvalue weighted by Crippen LogP contribution is -2.29. The van der Waals surface area contributed by atoms with E-state index in [9.17, 15) is 0 Å². The van der Waals surface area contributed by atoms with Crippen molar-refractivity contribution in [3.8, 4) is 6.07 Å². The summed E-state index contributed by atoms with van der Waals surface area (Å²) in [6, 6.07) is 12.5. The van der Waals surface area contributed by atoms with Crippen LogP contribution in [0.25, 0.3) is 16.5 Å². The zero-order valence-corrected chi connectivity index (χ0v) is 15.7. The van der Waals surface area contributed by atoms with Crippen molar-refractivity contribution in [3.63, 3.8) is 0 Å². The minimum Gasteiger partial charge on any atom is -0.361 e. The predicted molar refractivity (Wildman–Crippen MR) is 109 cm³/mol. The fourth-order valence-electron chi connectivity index (χ4n) is 3.71. The Morgan fingerprint density at radius 3 is 2.96 bits per heavy atom. The first-order chi connectivity index (χ1) is 12.8. The summed E-state index contributed by atoms with van der Waals surface area (Å²) in [7, 11) is 0. The van der Waals surface area contributed by atoms with Gasteiger partial charge in [0.05, 0.1) is 11.6 Å². The highest BCUT2D eigenvalue weighted by atomic mass is 32.1. The van der Waals surface area contributed by atoms with E-state index in [-0.39, 0.29) is 0 Å². The third-order valence-corrected chi connectivity index (χ3v) is 6.14. The number of H-pyrrole nitrogens is 1. The molecule has 0 amide bonds. The number of aryl methyl sites for hydroxylation is 1. The van der Waals surface area contributed by atoms with Gasteiger partial charge in [0.25, 0.3) is 0 Å². The van der Waals surface area contributed by atoms with Gasteiger partial charge >= 0.3 is 0 Å². The van der Waals surface area contributed by atoms with Crippen molar-refractivity contribution in [2.45, 2.75) is 25.7 Å². The minimum atomic E-state index is 0.736. The Labute approximate surface area is 158 Å². The number of thiophene rings is 1. The molecule has 0 spiro atoms. The van der Waals surface area contributed by atoms with E-state index in [1.807, 2.05) is 29.5 Å². The van der Waals surface area contributed by atoms with Crippen molar-refractivity contribution in [2.75, 3.05) is 19.6 Å². The van der Waals surface area contributed by atoms with Crippen LogP contribution in [0.3, 0.4) is 0 Å². The molecule has 0 saturated carbocycles. The molecule has 132 valence electrons. The largest absolute Gasteiger partial charge is 0.361 e. The lowest BCUT2D eigenvalue weighted by Gasteiger charge is -2.25. The van der Waals surface area contributed by atoms with Crippen molar-refractivity contribution < 1.29 is 0 Å². The highest BCUT2D eigenvalue weighted by Gasteiger charge is 2.13. The molecule has 2 aromatic heterocycles. The molecule has 0 radical (unpaired) electrons. The molecule has 1 N–H and O–H groups in total. The Bertz CT molecular complexity index is 944. The van der Waals surface area contributed by atoms with Gasteiger partial charge in [-0.15, -0.1) is 11.3 Å². The molecule has 26 heavy (non-hydrogen) atoms. The van der Waals surface area contributed by atoms with Gasteiger partial charge in [-0.25, -0.2) is 0 Å². The summed E-state index contributed by atoms with van der Waals surface area (Å²) in [6.07, 6.45) is 9.13. The van der Waals surface area contributed by atoms with Gasteiger partial charge in [0.15, 0.2) is 0 Å². The number of benzene rings is 1. The van der Waals surface area contributed by atoms with Crippen LogP contribution in [0.2, 0.25) is 0 Å². The molecular weight excluding hydrogens is 338 g/mol. The number of aromatic amines is 1. The van der Waals surface area contributed by atoms with Crippen molar-refractivity contribution in [1.82, 2.24) is 9.88 Å². The maximum Gasteiger partial charge on any atom is 0.0991 e. The van der Waals surface area contributed by atoms with Gasteiger partial charge < -0.3 is 4.98 Å². The first kappa shape index (κ1) is 17.1. The first-order valence-corrected chi connectivity index (χ1v) is 10.2. The van der Waals surface area contributed by atoms with E-state index in [0.717, 1.165) is 24.0 Å². The fourth-order valence-corrected chi connectivity index (χ4v) is 4.50. The summed E-state index contributed by atoms with van der Waals surface area (Å²) >= 11 is 1.84. The third kappa shape index (κ3) is 3.75. The van der Waals surface area contributed by atoms with Crippen LogP contribution in [0.1, 0.15) is 35.3 Å². The van der Waals surface area contributed by atoms with Crippen LogP contribution in [-0.4, -0.2) is 29.5 Å². The van der Waals surface area contributed by atoms with Crippen LogP contribution in [0.5, 0.6) is 0 Å². The average molecular weight is 362 g/mol. The highest BCUT2D eigenvalue weighted by molar-refractivity contribution is 7.11. The van der Waals surface area contributed by atoms with E-state index in [0.29, 0.717) is 0 Å². The van der Waals surface area contributed by atoms with Gasteiger partial charge in [-0.05, 0) is 73.0 Å². The van der Waals surface area contributed by atoms with Crippen molar-refractivity contribution in [2.24, 2.45) is 0 Å². The predicted octanol–water partition coefficient (Wildman–Crippen LogP) is 5.21. The van der Waals surface area contributed by atoms with E-state index in [2.05, 4.69) is 45.7 Å². The Hall–Kier alpha value is -2.35. The van der Waals surface area contributed by atoms with Crippen LogP contribution < -0.4 is 0 Å². The van der Waals surface area contributed by atoms with E-state index in [4.69, 9.17) is 5.26 Å². The second kappa shape index (κ2) is 7.90. The van der Waals surface area contributed by atoms with Crippen LogP contribution in [0, 0.1) is 11.3 Å². The molecule has 4 heteroatoms. The maximum atomic E-state index is 9.09. The van der Waals surface area contributed by atoms with Crippen molar-refractivity contribution in [1.29, 1.82) is 5.26 Å². The average Bonchev–Trinajstić information content (AvgIpc) is 3.35. The summed E-state index contributed by atoms with van der Waals surface area (Å²) in [5.41, 5.74) is 4.71. The number of unbranched alkanes of at least 4 members (excludes halogenated alkanes) is 1. The fraction of sp³-hybridized carbons (Fsp3) is 0.318. The second-order valence-corrected chi connectivity index (χ2v) is 7.85. The second-order valence-electron chi connectivity index (χ2n) is 6.90. The van der Waals surface area contributed by atoms with Crippen LogP contribution in [-0.2, 0) is 6.42 Å². The quantitative estimate of drug-likeness (QED) is 0.612. The number of aromatic nitrogens is 1. The number of nitrogens with one attached hydrogen (secondary N) is 1. The Morgan fingerprint density at radius 2 is 2.19 bits per heavy atom. The standard InChI is InChI=1S/C22H23N3S/c23-15-17-6-7-21-20(14-17)19(16-24-21)4-1-2-10-25-11-8-18(9-12-25)22-5-3-13-26-22/h3,5-8,13-14,16,24H,1-2,4,9-12H2. The molecule has 0 fully saturated rings. The SMILES string of the molecule is N#Cc1ccc2[nH]cc(CCCCN3CC=C(c4cccs4)CC3)c2c1. The zero-order chi connectivity index (χ0) is 17.8. The Morgan fingerprint density at radius 1 is 1.23 bits per heavy atom. The van der Waals surface area contributed by atoms with Crippen molar-refractivity contribution >= 4 is 27.8 Å². The third-order valence-electron chi connectivity index (χ3n) is 5.20. The highest BCUT2D eigenvalue weighted by Crippen LogP contribution is 2.26. The summed E-state index contributed by atoms with van der Waals surface area (Å²) in [4.78, 5) is 7.31. The molecule has 4 rings (SSSR count). The number of nitrogens with zero attached hydrogens (tertiary/aromatic N) is 2. The summed E-state index contributed by atoms with van der Waals surface area (Å²) in [5, 5.41) is 12.5. The van der Waals surface area contributed by atoms with Crippen LogP contribution >= 0.6 is 11.3 Å². The summed E-state index contributed by atoms with van der Waals surface area (Å²) in [5.74, 6) is 0. The van der Waals surface area contributed by atoms with Gasteiger partial charge in [-0.1, -0.05) is 12.1 Å². The number of rotatable bonds is 6. The van der Waals surface area contributed by atoms with Crippen LogP contribution in [0.4, 0.5) is 0 Å². The van der Waals surface area contributed by atoms with Gasteiger partial charge in [-0.3, -0.25) is 4.90 Å².